The molecule has 5 nitrogen and oxygen atoms in total. The third kappa shape index (κ3) is 4.30. The van der Waals surface area contributed by atoms with Gasteiger partial charge >= 0.3 is 0 Å². The van der Waals surface area contributed by atoms with Gasteiger partial charge < -0.3 is 14.8 Å². The third-order valence-corrected chi connectivity index (χ3v) is 6.02. The van der Waals surface area contributed by atoms with Crippen molar-refractivity contribution in [1.29, 1.82) is 0 Å². The number of H-pyrrole nitrogens is 1. The van der Waals surface area contributed by atoms with Crippen LogP contribution in [0.15, 0.2) is 67.0 Å². The minimum absolute atomic E-state index is 0.254. The molecule has 4 aromatic rings. The highest BCUT2D eigenvalue weighted by atomic mass is 35.5. The first-order chi connectivity index (χ1) is 15.2. The summed E-state index contributed by atoms with van der Waals surface area (Å²) >= 11 is 6.10. The summed E-state index contributed by atoms with van der Waals surface area (Å²) in [4.78, 5) is 9.92. The van der Waals surface area contributed by atoms with E-state index in [1.165, 1.54) is 16.5 Å². The van der Waals surface area contributed by atoms with E-state index in [0.717, 1.165) is 46.7 Å². The molecule has 2 N–H and O–H groups in total. The highest BCUT2D eigenvalue weighted by Crippen LogP contribution is 2.30. The van der Waals surface area contributed by atoms with E-state index in [1.54, 1.807) is 6.20 Å². The Morgan fingerprint density at radius 3 is 2.97 bits per heavy atom. The Morgan fingerprint density at radius 1 is 1.16 bits per heavy atom. The molecular formula is C25H24ClN3O2. The monoisotopic (exact) mass is 433 g/mol. The maximum Gasteiger partial charge on any atom is 0.128 e. The Balaban J connectivity index is 1.19. The number of aliphatic hydroxyl groups is 1. The maximum atomic E-state index is 10.5. The molecule has 5 rings (SSSR count). The fourth-order valence-electron chi connectivity index (χ4n) is 4.22. The first kappa shape index (κ1) is 20.1. The van der Waals surface area contributed by atoms with E-state index in [-0.39, 0.29) is 6.61 Å². The zero-order valence-electron chi connectivity index (χ0n) is 17.1. The van der Waals surface area contributed by atoms with Crippen LogP contribution >= 0.6 is 11.6 Å². The summed E-state index contributed by atoms with van der Waals surface area (Å²) in [5.41, 5.74) is 4.52. The van der Waals surface area contributed by atoms with Gasteiger partial charge in [-0.25, -0.2) is 0 Å². The average molecular weight is 434 g/mol. The molecule has 1 atom stereocenters. The fraction of sp³-hybridized carbons (Fsp3) is 0.240. The van der Waals surface area contributed by atoms with E-state index in [4.69, 9.17) is 16.3 Å². The van der Waals surface area contributed by atoms with Gasteiger partial charge in [-0.15, -0.1) is 0 Å². The van der Waals surface area contributed by atoms with Crippen LogP contribution in [0.25, 0.3) is 27.4 Å². The lowest BCUT2D eigenvalue weighted by Gasteiger charge is -2.28. The predicted octanol–water partition coefficient (Wildman–Crippen LogP) is 4.90. The molecular weight excluding hydrogens is 410 g/mol. The molecule has 0 fully saturated rings. The number of rotatable bonds is 6. The van der Waals surface area contributed by atoms with E-state index >= 15 is 0 Å². The van der Waals surface area contributed by atoms with Gasteiger partial charge in [-0.2, -0.15) is 0 Å². The first-order valence-corrected chi connectivity index (χ1v) is 10.9. The van der Waals surface area contributed by atoms with Crippen LogP contribution in [0.5, 0.6) is 5.75 Å². The third-order valence-electron chi connectivity index (χ3n) is 5.79. The van der Waals surface area contributed by atoms with Gasteiger partial charge in [0.15, 0.2) is 0 Å². The smallest absolute Gasteiger partial charge is 0.128 e. The number of hydrogen-bond acceptors (Lipinski definition) is 4. The highest BCUT2D eigenvalue weighted by molar-refractivity contribution is 6.31. The van der Waals surface area contributed by atoms with E-state index in [1.807, 2.05) is 42.5 Å². The van der Waals surface area contributed by atoms with Crippen molar-refractivity contribution in [3.63, 3.8) is 0 Å². The molecule has 6 heteroatoms. The summed E-state index contributed by atoms with van der Waals surface area (Å²) in [6.07, 6.45) is 6.47. The maximum absolute atomic E-state index is 10.5. The Hall–Kier alpha value is -2.86. The second-order valence-electron chi connectivity index (χ2n) is 7.92. The molecule has 1 aliphatic heterocycles. The van der Waals surface area contributed by atoms with Crippen LogP contribution in [-0.2, 0) is 0 Å². The zero-order chi connectivity index (χ0) is 21.2. The van der Waals surface area contributed by atoms with Crippen molar-refractivity contribution in [3.8, 4) is 5.75 Å². The molecule has 0 amide bonds. The number of pyridine rings is 1. The Bertz CT molecular complexity index is 1240. The zero-order valence-corrected chi connectivity index (χ0v) is 17.8. The molecule has 31 heavy (non-hydrogen) atoms. The molecule has 0 bridgehead atoms. The molecule has 1 aliphatic rings. The van der Waals surface area contributed by atoms with Crippen LogP contribution in [0, 0.1) is 0 Å². The van der Waals surface area contributed by atoms with Gasteiger partial charge in [0.1, 0.15) is 18.5 Å². The van der Waals surface area contributed by atoms with E-state index in [2.05, 4.69) is 33.2 Å². The fourth-order valence-corrected chi connectivity index (χ4v) is 4.40. The second kappa shape index (κ2) is 8.71. The van der Waals surface area contributed by atoms with Crippen LogP contribution in [0.3, 0.4) is 0 Å². The van der Waals surface area contributed by atoms with Crippen LogP contribution in [0.2, 0.25) is 5.02 Å². The number of ether oxygens (including phenoxy) is 1. The molecule has 0 radical (unpaired) electrons. The van der Waals surface area contributed by atoms with E-state index < -0.39 is 6.10 Å². The van der Waals surface area contributed by atoms with Gasteiger partial charge in [-0.1, -0.05) is 29.8 Å². The number of hydrogen-bond donors (Lipinski definition) is 2. The summed E-state index contributed by atoms with van der Waals surface area (Å²) in [5, 5.41) is 13.4. The number of aromatic nitrogens is 2. The van der Waals surface area contributed by atoms with Crippen LogP contribution < -0.4 is 4.74 Å². The largest absolute Gasteiger partial charge is 0.490 e. The normalized spacial score (nSPS) is 15.9. The Labute approximate surface area is 185 Å². The lowest BCUT2D eigenvalue weighted by Crippen LogP contribution is -2.38. The van der Waals surface area contributed by atoms with Crippen molar-refractivity contribution in [2.75, 3.05) is 26.2 Å². The van der Waals surface area contributed by atoms with E-state index in [9.17, 15) is 5.11 Å². The minimum Gasteiger partial charge on any atom is -0.490 e. The lowest BCUT2D eigenvalue weighted by molar-refractivity contribution is 0.0722. The quantitative estimate of drug-likeness (QED) is 0.454. The molecule has 0 saturated heterocycles. The summed E-state index contributed by atoms with van der Waals surface area (Å²) < 4.78 is 5.91. The van der Waals surface area contributed by atoms with Gasteiger partial charge in [0.25, 0.3) is 0 Å². The van der Waals surface area contributed by atoms with Gasteiger partial charge in [0, 0.05) is 58.9 Å². The summed E-state index contributed by atoms with van der Waals surface area (Å²) in [7, 11) is 0. The number of nitrogens with zero attached hydrogens (tertiary/aromatic N) is 2. The molecule has 0 unspecified atom stereocenters. The number of nitrogens with one attached hydrogen (secondary N) is 1. The Kier molecular flexibility index (Phi) is 5.64. The number of aliphatic hydroxyl groups excluding tert-OH is 1. The van der Waals surface area contributed by atoms with E-state index in [0.29, 0.717) is 6.54 Å². The molecule has 2 aromatic carbocycles. The SMILES string of the molecule is O[C@H](COc1cccc2ncccc12)CN1CC=C(c2c[nH]c3cc(Cl)ccc23)CC1. The highest BCUT2D eigenvalue weighted by Gasteiger charge is 2.18. The van der Waals surface area contributed by atoms with Crippen LogP contribution in [0.1, 0.15) is 12.0 Å². The topological polar surface area (TPSA) is 61.4 Å². The molecule has 158 valence electrons. The number of β-amino-alcohol motifs (C(OH)–C–C–N with tert-alkyl or cyclic N) is 1. The first-order valence-electron chi connectivity index (χ1n) is 10.5. The minimum atomic E-state index is -0.558. The number of halogens is 1. The standard InChI is InChI=1S/C25H24ClN3O2/c26-18-6-7-20-22(14-28-24(20)13-18)17-8-11-29(12-9-17)15-19(30)16-31-25-5-1-4-23-21(25)3-2-10-27-23/h1-8,10,13-14,19,28,30H,9,11-12,15-16H2/t19-/m0/s1. The summed E-state index contributed by atoms with van der Waals surface area (Å²) in [5.74, 6) is 0.755. The molecule has 0 aliphatic carbocycles. The van der Waals surface area contributed by atoms with Gasteiger partial charge in [-0.3, -0.25) is 9.88 Å². The van der Waals surface area contributed by atoms with Crippen molar-refractivity contribution in [3.05, 3.63) is 77.6 Å². The Morgan fingerprint density at radius 2 is 2.10 bits per heavy atom. The number of benzene rings is 2. The van der Waals surface area contributed by atoms with Crippen molar-refractivity contribution in [1.82, 2.24) is 14.9 Å². The van der Waals surface area contributed by atoms with Crippen LogP contribution in [-0.4, -0.2) is 52.3 Å². The van der Waals surface area contributed by atoms with Gasteiger partial charge in [0.05, 0.1) is 5.52 Å². The molecule has 2 aromatic heterocycles. The van der Waals surface area contributed by atoms with Crippen molar-refractivity contribution < 1.29 is 9.84 Å². The van der Waals surface area contributed by atoms with Crippen molar-refractivity contribution in [2.24, 2.45) is 0 Å². The molecule has 3 heterocycles. The molecule has 0 saturated carbocycles. The number of aromatic amines is 1. The van der Waals surface area contributed by atoms with Crippen molar-refractivity contribution >= 4 is 39.0 Å². The summed E-state index contributed by atoms with van der Waals surface area (Å²) in [6, 6.07) is 15.6. The van der Waals surface area contributed by atoms with Gasteiger partial charge in [-0.05, 0) is 48.4 Å². The number of fused-ring (bicyclic) bond motifs is 2. The summed E-state index contributed by atoms with van der Waals surface area (Å²) in [6.45, 7) is 2.55. The van der Waals surface area contributed by atoms with Crippen molar-refractivity contribution in [2.45, 2.75) is 12.5 Å². The average Bonchev–Trinajstić information content (AvgIpc) is 3.21. The van der Waals surface area contributed by atoms with Crippen LogP contribution in [0.4, 0.5) is 0 Å². The second-order valence-corrected chi connectivity index (χ2v) is 8.36. The molecule has 0 spiro atoms. The lowest BCUT2D eigenvalue weighted by atomic mass is 9.99. The van der Waals surface area contributed by atoms with Gasteiger partial charge in [0.2, 0.25) is 0 Å². The predicted molar refractivity (Wildman–Crippen MR) is 126 cm³/mol.